The lowest BCUT2D eigenvalue weighted by molar-refractivity contribution is -0.274. The summed E-state index contributed by atoms with van der Waals surface area (Å²) in [5.74, 6) is 1.10. The zero-order valence-corrected chi connectivity index (χ0v) is 27.3. The Morgan fingerprint density at radius 1 is 1.08 bits per heavy atom. The number of morpholine rings is 1. The van der Waals surface area contributed by atoms with Crippen LogP contribution in [0.25, 0.3) is 16.6 Å². The predicted octanol–water partition coefficient (Wildman–Crippen LogP) is 4.83. The number of nitriles is 1. The number of pyridine rings is 2. The number of hydrogen-bond donors (Lipinski definition) is 0. The van der Waals surface area contributed by atoms with Crippen molar-refractivity contribution in [1.29, 1.82) is 5.26 Å². The largest absolute Gasteiger partial charge is 0.573 e. The first-order valence-electron chi connectivity index (χ1n) is 16.9. The molecule has 3 aromatic heterocycles. The molecule has 2 bridgehead atoms. The third-order valence-corrected chi connectivity index (χ3v) is 10.1. The maximum atomic E-state index is 13.1. The average molecular weight is 688 g/mol. The molecule has 1 spiro atoms. The molecule has 7 heterocycles. The number of carbonyl (C=O) groups excluding carboxylic acids is 1. The molecule has 5 fully saturated rings. The molecule has 1 amide bonds. The molecule has 4 saturated heterocycles. The molecule has 2 atom stereocenters. The van der Waals surface area contributed by atoms with Gasteiger partial charge in [0.05, 0.1) is 60.8 Å². The fourth-order valence-corrected chi connectivity index (χ4v) is 7.52. The minimum Gasteiger partial charge on any atom is -0.492 e. The van der Waals surface area contributed by atoms with Gasteiger partial charge in [0.25, 0.3) is 0 Å². The number of amides is 1. The van der Waals surface area contributed by atoms with Crippen LogP contribution < -0.4 is 14.4 Å². The summed E-state index contributed by atoms with van der Waals surface area (Å²) >= 11 is 0. The van der Waals surface area contributed by atoms with E-state index in [4.69, 9.17) is 14.5 Å². The van der Waals surface area contributed by atoms with Crippen LogP contribution in [-0.4, -0.2) is 100 Å². The number of nitrogens with zero attached hydrogens (tertiary/aromatic N) is 7. The van der Waals surface area contributed by atoms with Crippen molar-refractivity contribution < 1.29 is 32.2 Å². The molecule has 1 saturated carbocycles. The van der Waals surface area contributed by atoms with Crippen molar-refractivity contribution in [2.45, 2.75) is 56.2 Å². The molecule has 4 aliphatic heterocycles. The van der Waals surface area contributed by atoms with E-state index in [0.717, 1.165) is 68.9 Å². The maximum absolute atomic E-state index is 13.1. The highest BCUT2D eigenvalue weighted by atomic mass is 19.4. The summed E-state index contributed by atoms with van der Waals surface area (Å²) in [5, 5.41) is 14.2. The van der Waals surface area contributed by atoms with Gasteiger partial charge in [-0.05, 0) is 61.6 Å². The number of hydrogen-bond acceptors (Lipinski definition) is 9. The Balaban J connectivity index is 0.899. The van der Waals surface area contributed by atoms with Crippen molar-refractivity contribution in [2.24, 2.45) is 0 Å². The Hall–Kier alpha value is -4.87. The van der Waals surface area contributed by atoms with Gasteiger partial charge in [-0.15, -0.1) is 13.2 Å². The number of benzene rings is 1. The van der Waals surface area contributed by atoms with Gasteiger partial charge in [-0.2, -0.15) is 10.4 Å². The molecule has 14 heteroatoms. The van der Waals surface area contributed by atoms with E-state index < -0.39 is 6.36 Å². The Kier molecular flexibility index (Phi) is 8.27. The summed E-state index contributed by atoms with van der Waals surface area (Å²) in [4.78, 5) is 24.4. The van der Waals surface area contributed by atoms with E-state index in [-0.39, 0.29) is 35.8 Å². The molecule has 50 heavy (non-hydrogen) atoms. The van der Waals surface area contributed by atoms with Crippen molar-refractivity contribution >= 4 is 17.2 Å². The van der Waals surface area contributed by atoms with E-state index in [9.17, 15) is 23.2 Å². The highest BCUT2D eigenvalue weighted by Gasteiger charge is 2.48. The van der Waals surface area contributed by atoms with E-state index in [1.165, 1.54) is 24.3 Å². The third kappa shape index (κ3) is 6.67. The SMILES string of the molecule is N#Cc1cnn2cc(OCCCN3CCOC4(CC4)C3)cc(-c3ccc(N4CC5CC(C4)N5C(=O)Cc4ccc(OC(F)(F)F)cc4)nc3)c12. The second-order valence-corrected chi connectivity index (χ2v) is 13.6. The second-order valence-electron chi connectivity index (χ2n) is 13.6. The fourth-order valence-electron chi connectivity index (χ4n) is 7.52. The van der Waals surface area contributed by atoms with E-state index in [0.29, 0.717) is 42.1 Å². The summed E-state index contributed by atoms with van der Waals surface area (Å²) in [6.07, 6.45) is 4.60. The van der Waals surface area contributed by atoms with Crippen LogP contribution in [0.5, 0.6) is 11.5 Å². The minimum atomic E-state index is -4.76. The second kappa shape index (κ2) is 12.8. The number of alkyl halides is 3. The lowest BCUT2D eigenvalue weighted by Crippen LogP contribution is -2.70. The van der Waals surface area contributed by atoms with Crippen LogP contribution in [0.2, 0.25) is 0 Å². The lowest BCUT2D eigenvalue weighted by Gasteiger charge is -2.56. The average Bonchev–Trinajstić information content (AvgIpc) is 3.70. The van der Waals surface area contributed by atoms with Gasteiger partial charge in [0.15, 0.2) is 0 Å². The van der Waals surface area contributed by atoms with Crippen molar-refractivity contribution in [3.63, 3.8) is 0 Å². The van der Waals surface area contributed by atoms with Crippen LogP contribution in [0.4, 0.5) is 19.0 Å². The molecule has 4 aromatic rings. The number of rotatable bonds is 10. The van der Waals surface area contributed by atoms with Crippen LogP contribution in [0.3, 0.4) is 0 Å². The molecule has 2 unspecified atom stereocenters. The number of ether oxygens (including phenoxy) is 3. The van der Waals surface area contributed by atoms with Crippen molar-refractivity contribution in [2.75, 3.05) is 50.8 Å². The highest BCUT2D eigenvalue weighted by molar-refractivity contribution is 5.85. The van der Waals surface area contributed by atoms with Gasteiger partial charge < -0.3 is 24.0 Å². The predicted molar refractivity (Wildman–Crippen MR) is 176 cm³/mol. The maximum Gasteiger partial charge on any atom is 0.573 e. The first-order chi connectivity index (χ1) is 24.1. The standard InChI is InChI=1S/C36H36F3N7O4/c37-36(38,39)50-29-5-2-24(3-6-29)14-33(47)46-27-15-28(46)21-44(20-27)32-7-4-25(18-41-32)31-16-30(22-45-34(31)26(17-40)19-42-45)48-12-1-10-43-11-13-49-35(23-43)8-9-35/h2-7,16,18-19,22,27-28H,1,8-15,20-21,23H2. The van der Waals surface area contributed by atoms with Gasteiger partial charge in [-0.3, -0.25) is 9.69 Å². The Bertz CT molecular complexity index is 1910. The first-order valence-corrected chi connectivity index (χ1v) is 16.9. The number of anilines is 1. The topological polar surface area (TPSA) is 108 Å². The van der Waals surface area contributed by atoms with Crippen LogP contribution in [0, 0.1) is 11.3 Å². The van der Waals surface area contributed by atoms with Gasteiger partial charge in [-0.1, -0.05) is 12.1 Å². The van der Waals surface area contributed by atoms with E-state index in [2.05, 4.69) is 25.7 Å². The Morgan fingerprint density at radius 2 is 1.88 bits per heavy atom. The summed E-state index contributed by atoms with van der Waals surface area (Å²) in [7, 11) is 0. The molecule has 0 N–H and O–H groups in total. The van der Waals surface area contributed by atoms with E-state index in [1.807, 2.05) is 23.1 Å². The normalized spacial score (nSPS) is 21.2. The Morgan fingerprint density at radius 3 is 2.58 bits per heavy atom. The highest BCUT2D eigenvalue weighted by Crippen LogP contribution is 2.42. The van der Waals surface area contributed by atoms with Crippen LogP contribution in [0.15, 0.2) is 61.1 Å². The van der Waals surface area contributed by atoms with Gasteiger partial charge in [0, 0.05) is 50.0 Å². The zero-order valence-electron chi connectivity index (χ0n) is 27.3. The van der Waals surface area contributed by atoms with E-state index >= 15 is 0 Å². The van der Waals surface area contributed by atoms with Gasteiger partial charge in [0.2, 0.25) is 5.91 Å². The number of aromatic nitrogens is 3. The molecule has 260 valence electrons. The van der Waals surface area contributed by atoms with Gasteiger partial charge in [0.1, 0.15) is 23.4 Å². The van der Waals surface area contributed by atoms with E-state index in [1.54, 1.807) is 23.1 Å². The van der Waals surface area contributed by atoms with Gasteiger partial charge >= 0.3 is 6.36 Å². The molecule has 1 aromatic carbocycles. The molecule has 11 nitrogen and oxygen atoms in total. The summed E-state index contributed by atoms with van der Waals surface area (Å²) in [5.41, 5.74) is 3.51. The Labute approximate surface area is 286 Å². The minimum absolute atomic E-state index is 0.0343. The molecule has 1 aliphatic carbocycles. The molecule has 9 rings (SSSR count). The van der Waals surface area contributed by atoms with Crippen molar-refractivity contribution in [3.8, 4) is 28.7 Å². The first kappa shape index (κ1) is 32.3. The summed E-state index contributed by atoms with van der Waals surface area (Å²) < 4.78 is 55.2. The lowest BCUT2D eigenvalue weighted by atomic mass is 9.86. The molecular formula is C36H36F3N7O4. The smallest absolute Gasteiger partial charge is 0.492 e. The number of piperazine rings is 1. The summed E-state index contributed by atoms with van der Waals surface area (Å²) in [6.45, 7) is 5.51. The number of carbonyl (C=O) groups is 1. The summed E-state index contributed by atoms with van der Waals surface area (Å²) in [6, 6.07) is 13.6. The third-order valence-electron chi connectivity index (χ3n) is 10.1. The molecule has 0 radical (unpaired) electrons. The molecule has 5 aliphatic rings. The number of fused-ring (bicyclic) bond motifs is 3. The van der Waals surface area contributed by atoms with Crippen LogP contribution >= 0.6 is 0 Å². The molecular weight excluding hydrogens is 651 g/mol. The monoisotopic (exact) mass is 687 g/mol. The number of piperidine rings is 1. The quantitative estimate of drug-likeness (QED) is 0.217. The van der Waals surface area contributed by atoms with Gasteiger partial charge in [-0.25, -0.2) is 9.50 Å². The fraction of sp³-hybridized carbons (Fsp3) is 0.444. The van der Waals surface area contributed by atoms with Crippen molar-refractivity contribution in [1.82, 2.24) is 24.4 Å². The number of halogens is 3. The van der Waals surface area contributed by atoms with Crippen molar-refractivity contribution in [3.05, 3.63) is 72.2 Å². The zero-order chi connectivity index (χ0) is 34.5. The van der Waals surface area contributed by atoms with Crippen LogP contribution in [0.1, 0.15) is 36.8 Å². The van der Waals surface area contributed by atoms with Crippen LogP contribution in [-0.2, 0) is 16.0 Å².